The molecule has 0 aliphatic rings. The standard InChI is InChI=1S/C16H15FN2/c1-12-3-5-16(6-4-12)19(2)11-14-7-13(10-18)8-15(17)9-14/h3-9H,11H2,1-2H3. The van der Waals surface area contributed by atoms with E-state index in [0.717, 1.165) is 11.3 Å². The minimum atomic E-state index is -0.369. The Morgan fingerprint density at radius 1 is 1.16 bits per heavy atom. The van der Waals surface area contributed by atoms with E-state index in [-0.39, 0.29) is 5.82 Å². The lowest BCUT2D eigenvalue weighted by molar-refractivity contribution is 0.624. The summed E-state index contributed by atoms with van der Waals surface area (Å²) in [4.78, 5) is 2.02. The van der Waals surface area contributed by atoms with Crippen molar-refractivity contribution in [3.8, 4) is 6.07 Å². The number of benzene rings is 2. The van der Waals surface area contributed by atoms with Crippen LogP contribution in [-0.2, 0) is 6.54 Å². The molecule has 2 rings (SSSR count). The first kappa shape index (κ1) is 13.1. The van der Waals surface area contributed by atoms with Gasteiger partial charge in [-0.2, -0.15) is 5.26 Å². The normalized spacial score (nSPS) is 10.0. The number of hydrogen-bond donors (Lipinski definition) is 0. The van der Waals surface area contributed by atoms with Gasteiger partial charge in [0, 0.05) is 19.3 Å². The van der Waals surface area contributed by atoms with E-state index in [2.05, 4.69) is 0 Å². The minimum Gasteiger partial charge on any atom is -0.370 e. The molecule has 19 heavy (non-hydrogen) atoms. The molecule has 2 aromatic carbocycles. The highest BCUT2D eigenvalue weighted by Gasteiger charge is 2.05. The number of rotatable bonds is 3. The summed E-state index contributed by atoms with van der Waals surface area (Å²) < 4.78 is 13.4. The molecular formula is C16H15FN2. The van der Waals surface area contributed by atoms with Gasteiger partial charge in [0.15, 0.2) is 0 Å². The monoisotopic (exact) mass is 254 g/mol. The van der Waals surface area contributed by atoms with Crippen molar-refractivity contribution in [2.75, 3.05) is 11.9 Å². The Balaban J connectivity index is 2.19. The predicted molar refractivity (Wildman–Crippen MR) is 74.4 cm³/mol. The van der Waals surface area contributed by atoms with Crippen molar-refractivity contribution in [1.29, 1.82) is 5.26 Å². The van der Waals surface area contributed by atoms with Crippen LogP contribution in [0.3, 0.4) is 0 Å². The van der Waals surface area contributed by atoms with E-state index >= 15 is 0 Å². The topological polar surface area (TPSA) is 27.0 Å². The van der Waals surface area contributed by atoms with Gasteiger partial charge in [0.1, 0.15) is 5.82 Å². The molecule has 2 nitrogen and oxygen atoms in total. The van der Waals surface area contributed by atoms with Crippen LogP contribution >= 0.6 is 0 Å². The third-order valence-electron chi connectivity index (χ3n) is 2.98. The van der Waals surface area contributed by atoms with Crippen LogP contribution in [0.1, 0.15) is 16.7 Å². The summed E-state index contributed by atoms with van der Waals surface area (Å²) in [5.74, 6) is -0.369. The molecule has 0 fully saturated rings. The highest BCUT2D eigenvalue weighted by Crippen LogP contribution is 2.17. The largest absolute Gasteiger partial charge is 0.370 e. The number of nitrogens with zero attached hydrogens (tertiary/aromatic N) is 2. The van der Waals surface area contributed by atoms with Crippen LogP contribution in [0.2, 0.25) is 0 Å². The van der Waals surface area contributed by atoms with Crippen molar-refractivity contribution in [1.82, 2.24) is 0 Å². The molecule has 0 heterocycles. The van der Waals surface area contributed by atoms with Gasteiger partial charge in [-0.1, -0.05) is 17.7 Å². The van der Waals surface area contributed by atoms with Gasteiger partial charge < -0.3 is 4.90 Å². The fourth-order valence-electron chi connectivity index (χ4n) is 1.97. The molecule has 0 bridgehead atoms. The van der Waals surface area contributed by atoms with E-state index < -0.39 is 0 Å². The molecule has 0 aliphatic carbocycles. The maximum atomic E-state index is 13.4. The SMILES string of the molecule is Cc1ccc(N(C)Cc2cc(F)cc(C#N)c2)cc1. The van der Waals surface area contributed by atoms with Gasteiger partial charge in [0.25, 0.3) is 0 Å². The summed E-state index contributed by atoms with van der Waals surface area (Å²) in [5, 5.41) is 8.84. The van der Waals surface area contributed by atoms with Crippen LogP contribution < -0.4 is 4.90 Å². The molecule has 3 heteroatoms. The molecule has 0 saturated heterocycles. The minimum absolute atomic E-state index is 0.354. The predicted octanol–water partition coefficient (Wildman–Crippen LogP) is 3.64. The second kappa shape index (κ2) is 5.53. The molecule has 0 saturated carbocycles. The van der Waals surface area contributed by atoms with Crippen LogP contribution in [0.25, 0.3) is 0 Å². The Kier molecular flexibility index (Phi) is 3.82. The fourth-order valence-corrected chi connectivity index (χ4v) is 1.97. The highest BCUT2D eigenvalue weighted by molar-refractivity contribution is 5.47. The van der Waals surface area contributed by atoms with Crippen LogP contribution in [0, 0.1) is 24.1 Å². The molecule has 96 valence electrons. The first-order valence-electron chi connectivity index (χ1n) is 6.06. The Hall–Kier alpha value is -2.34. The van der Waals surface area contributed by atoms with Crippen molar-refractivity contribution in [2.24, 2.45) is 0 Å². The summed E-state index contributed by atoms with van der Waals surface area (Å²) in [6.45, 7) is 2.60. The first-order valence-corrected chi connectivity index (χ1v) is 6.06. The number of nitriles is 1. The molecule has 0 amide bonds. The Morgan fingerprint density at radius 2 is 1.84 bits per heavy atom. The van der Waals surface area contributed by atoms with E-state index in [1.54, 1.807) is 6.07 Å². The van der Waals surface area contributed by atoms with Gasteiger partial charge in [-0.05, 0) is 42.8 Å². The van der Waals surface area contributed by atoms with Crippen LogP contribution in [0.5, 0.6) is 0 Å². The van der Waals surface area contributed by atoms with Gasteiger partial charge in [-0.25, -0.2) is 4.39 Å². The van der Waals surface area contributed by atoms with E-state index in [9.17, 15) is 4.39 Å². The molecule has 2 aromatic rings. The zero-order chi connectivity index (χ0) is 13.8. The average Bonchev–Trinajstić information content (AvgIpc) is 2.38. The summed E-state index contributed by atoms with van der Waals surface area (Å²) in [6, 6.07) is 14.5. The highest BCUT2D eigenvalue weighted by atomic mass is 19.1. The van der Waals surface area contributed by atoms with Crippen molar-refractivity contribution in [2.45, 2.75) is 13.5 Å². The maximum absolute atomic E-state index is 13.4. The summed E-state index contributed by atoms with van der Waals surface area (Å²) in [6.07, 6.45) is 0. The zero-order valence-corrected chi connectivity index (χ0v) is 11.0. The lowest BCUT2D eigenvalue weighted by Crippen LogP contribution is -2.16. The maximum Gasteiger partial charge on any atom is 0.124 e. The van der Waals surface area contributed by atoms with E-state index in [1.807, 2.05) is 49.2 Å². The molecule has 0 aliphatic heterocycles. The summed E-state index contributed by atoms with van der Waals surface area (Å²) >= 11 is 0. The van der Waals surface area contributed by atoms with Gasteiger partial charge in [0.2, 0.25) is 0 Å². The zero-order valence-electron chi connectivity index (χ0n) is 11.0. The number of hydrogen-bond acceptors (Lipinski definition) is 2. The lowest BCUT2D eigenvalue weighted by atomic mass is 10.1. The van der Waals surface area contributed by atoms with Gasteiger partial charge >= 0.3 is 0 Å². The van der Waals surface area contributed by atoms with Gasteiger partial charge in [-0.15, -0.1) is 0 Å². The molecule has 0 radical (unpaired) electrons. The molecule has 0 aromatic heterocycles. The summed E-state index contributed by atoms with van der Waals surface area (Å²) in [7, 11) is 1.95. The van der Waals surface area contributed by atoms with Crippen LogP contribution in [-0.4, -0.2) is 7.05 Å². The first-order chi connectivity index (χ1) is 9.08. The second-order valence-corrected chi connectivity index (χ2v) is 4.65. The molecule has 0 N–H and O–H groups in total. The third kappa shape index (κ3) is 3.32. The summed E-state index contributed by atoms with van der Waals surface area (Å²) in [5.41, 5.74) is 3.41. The van der Waals surface area contributed by atoms with E-state index in [4.69, 9.17) is 5.26 Å². The smallest absolute Gasteiger partial charge is 0.124 e. The van der Waals surface area contributed by atoms with Crippen LogP contribution in [0.15, 0.2) is 42.5 Å². The van der Waals surface area contributed by atoms with Gasteiger partial charge in [0.05, 0.1) is 11.6 Å². The lowest BCUT2D eigenvalue weighted by Gasteiger charge is -2.19. The number of halogens is 1. The van der Waals surface area contributed by atoms with Crippen molar-refractivity contribution >= 4 is 5.69 Å². The number of anilines is 1. The van der Waals surface area contributed by atoms with Crippen molar-refractivity contribution < 1.29 is 4.39 Å². The second-order valence-electron chi connectivity index (χ2n) is 4.65. The van der Waals surface area contributed by atoms with Crippen LogP contribution in [0.4, 0.5) is 10.1 Å². The van der Waals surface area contributed by atoms with Crippen molar-refractivity contribution in [3.05, 3.63) is 65.0 Å². The Labute approximate surface area is 112 Å². The Bertz CT molecular complexity index is 612. The third-order valence-corrected chi connectivity index (χ3v) is 2.98. The molecule has 0 spiro atoms. The average molecular weight is 254 g/mol. The van der Waals surface area contributed by atoms with Crippen molar-refractivity contribution in [3.63, 3.8) is 0 Å². The van der Waals surface area contributed by atoms with Gasteiger partial charge in [-0.3, -0.25) is 0 Å². The Morgan fingerprint density at radius 3 is 2.47 bits per heavy atom. The van der Waals surface area contributed by atoms with E-state index in [1.165, 1.54) is 17.7 Å². The molecule has 0 atom stereocenters. The van der Waals surface area contributed by atoms with E-state index in [0.29, 0.717) is 12.1 Å². The molecular weight excluding hydrogens is 239 g/mol. The number of aryl methyl sites for hydroxylation is 1. The fraction of sp³-hybridized carbons (Fsp3) is 0.188. The quantitative estimate of drug-likeness (QED) is 0.836. The molecule has 0 unspecified atom stereocenters.